The SMILES string of the molecule is CC1=CC(C)CC(CNc2cncc(Br)c2)C1. The summed E-state index contributed by atoms with van der Waals surface area (Å²) in [6, 6.07) is 2.07. The van der Waals surface area contributed by atoms with Crippen molar-refractivity contribution in [1.29, 1.82) is 0 Å². The number of hydrogen-bond donors (Lipinski definition) is 1. The highest BCUT2D eigenvalue weighted by atomic mass is 79.9. The van der Waals surface area contributed by atoms with Crippen LogP contribution in [0.4, 0.5) is 5.69 Å². The number of nitrogens with zero attached hydrogens (tertiary/aromatic N) is 1. The molecule has 2 nitrogen and oxygen atoms in total. The van der Waals surface area contributed by atoms with Crippen molar-refractivity contribution in [3.63, 3.8) is 0 Å². The Morgan fingerprint density at radius 2 is 2.29 bits per heavy atom. The number of halogens is 1. The van der Waals surface area contributed by atoms with Gasteiger partial charge in [0.25, 0.3) is 0 Å². The fraction of sp³-hybridized carbons (Fsp3) is 0.500. The number of aromatic nitrogens is 1. The van der Waals surface area contributed by atoms with Crippen molar-refractivity contribution in [3.8, 4) is 0 Å². The minimum absolute atomic E-state index is 0.719. The molecule has 1 aliphatic carbocycles. The summed E-state index contributed by atoms with van der Waals surface area (Å²) in [6.07, 6.45) is 8.59. The molecule has 0 saturated heterocycles. The van der Waals surface area contributed by atoms with E-state index in [0.29, 0.717) is 0 Å². The minimum Gasteiger partial charge on any atom is -0.383 e. The molecule has 1 heterocycles. The number of hydrogen-bond acceptors (Lipinski definition) is 2. The van der Waals surface area contributed by atoms with E-state index in [1.165, 1.54) is 18.4 Å². The zero-order chi connectivity index (χ0) is 12.3. The Morgan fingerprint density at radius 1 is 1.47 bits per heavy atom. The molecule has 17 heavy (non-hydrogen) atoms. The summed E-state index contributed by atoms with van der Waals surface area (Å²) >= 11 is 3.44. The van der Waals surface area contributed by atoms with Gasteiger partial charge in [-0.15, -0.1) is 0 Å². The summed E-state index contributed by atoms with van der Waals surface area (Å²) in [5.74, 6) is 1.46. The van der Waals surface area contributed by atoms with E-state index in [1.807, 2.05) is 6.20 Å². The maximum atomic E-state index is 4.16. The fourth-order valence-electron chi connectivity index (χ4n) is 2.61. The minimum atomic E-state index is 0.719. The summed E-state index contributed by atoms with van der Waals surface area (Å²) < 4.78 is 1.02. The number of rotatable bonds is 3. The zero-order valence-electron chi connectivity index (χ0n) is 10.4. The lowest BCUT2D eigenvalue weighted by atomic mass is 9.84. The van der Waals surface area contributed by atoms with Crippen LogP contribution in [0.2, 0.25) is 0 Å². The second-order valence-corrected chi connectivity index (χ2v) is 5.98. The van der Waals surface area contributed by atoms with E-state index in [2.05, 4.69) is 52.2 Å². The Morgan fingerprint density at radius 3 is 3.00 bits per heavy atom. The van der Waals surface area contributed by atoms with Crippen molar-refractivity contribution in [3.05, 3.63) is 34.6 Å². The topological polar surface area (TPSA) is 24.9 Å². The molecule has 0 saturated carbocycles. The molecule has 2 rings (SSSR count). The van der Waals surface area contributed by atoms with Gasteiger partial charge < -0.3 is 5.32 Å². The predicted octanol–water partition coefficient (Wildman–Crippen LogP) is 4.25. The van der Waals surface area contributed by atoms with Crippen LogP contribution in [0.5, 0.6) is 0 Å². The molecule has 0 amide bonds. The Balaban J connectivity index is 1.89. The number of pyridine rings is 1. The Bertz CT molecular complexity index is 414. The van der Waals surface area contributed by atoms with Gasteiger partial charge in [0.15, 0.2) is 0 Å². The highest BCUT2D eigenvalue weighted by molar-refractivity contribution is 9.10. The zero-order valence-corrected chi connectivity index (χ0v) is 12.0. The number of anilines is 1. The molecule has 0 aromatic carbocycles. The molecule has 2 atom stereocenters. The summed E-state index contributed by atoms with van der Waals surface area (Å²) in [4.78, 5) is 4.16. The Hall–Kier alpha value is -0.830. The Labute approximate surface area is 112 Å². The van der Waals surface area contributed by atoms with Crippen molar-refractivity contribution in [2.24, 2.45) is 11.8 Å². The average Bonchev–Trinajstić information content (AvgIpc) is 2.25. The average molecular weight is 295 g/mol. The summed E-state index contributed by atoms with van der Waals surface area (Å²) in [6.45, 7) is 5.58. The van der Waals surface area contributed by atoms with Gasteiger partial charge >= 0.3 is 0 Å². The van der Waals surface area contributed by atoms with Gasteiger partial charge in [-0.2, -0.15) is 0 Å². The smallest absolute Gasteiger partial charge is 0.0538 e. The van der Waals surface area contributed by atoms with Crippen LogP contribution in [0, 0.1) is 11.8 Å². The molecule has 2 unspecified atom stereocenters. The van der Waals surface area contributed by atoms with E-state index in [0.717, 1.165) is 28.5 Å². The second kappa shape index (κ2) is 5.67. The maximum absolute atomic E-state index is 4.16. The van der Waals surface area contributed by atoms with Crippen molar-refractivity contribution < 1.29 is 0 Å². The standard InChI is InChI=1S/C14H19BrN2/c1-10-3-11(2)5-12(4-10)7-17-14-6-13(15)8-16-9-14/h3,6,8-10,12,17H,4-5,7H2,1-2H3. The third kappa shape index (κ3) is 3.84. The van der Waals surface area contributed by atoms with Crippen LogP contribution in [-0.4, -0.2) is 11.5 Å². The first kappa shape index (κ1) is 12.6. The van der Waals surface area contributed by atoms with Gasteiger partial charge in [-0.05, 0) is 53.6 Å². The van der Waals surface area contributed by atoms with Gasteiger partial charge in [-0.3, -0.25) is 4.98 Å². The molecule has 1 aliphatic rings. The largest absolute Gasteiger partial charge is 0.383 e. The highest BCUT2D eigenvalue weighted by Gasteiger charge is 2.17. The van der Waals surface area contributed by atoms with Gasteiger partial charge in [-0.25, -0.2) is 0 Å². The molecule has 3 heteroatoms. The normalized spacial score (nSPS) is 24.3. The van der Waals surface area contributed by atoms with Crippen molar-refractivity contribution >= 4 is 21.6 Å². The number of allylic oxidation sites excluding steroid dienone is 2. The first-order valence-corrected chi connectivity index (χ1v) is 6.94. The van der Waals surface area contributed by atoms with E-state index in [1.54, 1.807) is 6.20 Å². The van der Waals surface area contributed by atoms with Gasteiger partial charge in [0, 0.05) is 17.2 Å². The van der Waals surface area contributed by atoms with Gasteiger partial charge in [0.1, 0.15) is 0 Å². The fourth-order valence-corrected chi connectivity index (χ4v) is 2.98. The van der Waals surface area contributed by atoms with E-state index >= 15 is 0 Å². The molecule has 0 spiro atoms. The first-order chi connectivity index (χ1) is 8.13. The summed E-state index contributed by atoms with van der Waals surface area (Å²) in [7, 11) is 0. The van der Waals surface area contributed by atoms with Gasteiger partial charge in [0.2, 0.25) is 0 Å². The van der Waals surface area contributed by atoms with Crippen molar-refractivity contribution in [2.45, 2.75) is 26.7 Å². The number of nitrogens with one attached hydrogen (secondary N) is 1. The highest BCUT2D eigenvalue weighted by Crippen LogP contribution is 2.28. The molecule has 0 aliphatic heterocycles. The van der Waals surface area contributed by atoms with E-state index < -0.39 is 0 Å². The molecule has 1 aromatic heterocycles. The second-order valence-electron chi connectivity index (χ2n) is 5.07. The van der Waals surface area contributed by atoms with E-state index in [9.17, 15) is 0 Å². The third-order valence-corrected chi connectivity index (χ3v) is 3.62. The van der Waals surface area contributed by atoms with Crippen LogP contribution < -0.4 is 5.32 Å². The first-order valence-electron chi connectivity index (χ1n) is 6.15. The quantitative estimate of drug-likeness (QED) is 0.843. The molecule has 92 valence electrons. The molecular weight excluding hydrogens is 276 g/mol. The summed E-state index contributed by atoms with van der Waals surface area (Å²) in [5, 5.41) is 3.48. The monoisotopic (exact) mass is 294 g/mol. The molecular formula is C14H19BrN2. The van der Waals surface area contributed by atoms with E-state index in [-0.39, 0.29) is 0 Å². The van der Waals surface area contributed by atoms with E-state index in [4.69, 9.17) is 0 Å². The van der Waals surface area contributed by atoms with Gasteiger partial charge in [-0.1, -0.05) is 18.6 Å². The maximum Gasteiger partial charge on any atom is 0.0538 e. The molecule has 1 aromatic rings. The lowest BCUT2D eigenvalue weighted by Crippen LogP contribution is -2.20. The van der Waals surface area contributed by atoms with Crippen LogP contribution >= 0.6 is 15.9 Å². The van der Waals surface area contributed by atoms with Crippen LogP contribution in [0.15, 0.2) is 34.6 Å². The predicted molar refractivity (Wildman–Crippen MR) is 76.1 cm³/mol. The lowest BCUT2D eigenvalue weighted by molar-refractivity contribution is 0.421. The molecule has 1 N–H and O–H groups in total. The van der Waals surface area contributed by atoms with Gasteiger partial charge in [0.05, 0.1) is 11.9 Å². The summed E-state index contributed by atoms with van der Waals surface area (Å²) in [5.41, 5.74) is 2.63. The van der Waals surface area contributed by atoms with Crippen molar-refractivity contribution in [2.75, 3.05) is 11.9 Å². The molecule has 0 bridgehead atoms. The Kier molecular flexibility index (Phi) is 4.21. The van der Waals surface area contributed by atoms with Crippen LogP contribution in [-0.2, 0) is 0 Å². The van der Waals surface area contributed by atoms with Crippen LogP contribution in [0.3, 0.4) is 0 Å². The molecule has 0 radical (unpaired) electrons. The molecule has 0 fully saturated rings. The van der Waals surface area contributed by atoms with Crippen LogP contribution in [0.1, 0.15) is 26.7 Å². The lowest BCUT2D eigenvalue weighted by Gasteiger charge is -2.25. The van der Waals surface area contributed by atoms with Crippen molar-refractivity contribution in [1.82, 2.24) is 4.98 Å². The third-order valence-electron chi connectivity index (χ3n) is 3.18. The van der Waals surface area contributed by atoms with Crippen LogP contribution in [0.25, 0.3) is 0 Å².